The second-order valence-electron chi connectivity index (χ2n) is 4.56. The first-order chi connectivity index (χ1) is 9.63. The molecule has 0 bridgehead atoms. The monoisotopic (exact) mass is 294 g/mol. The standard InChI is InChI=1S/C13H19ClN6/c1-10-16-5-8-20(10)7-4-6-19(3)13-11(15-2)12(14)17-9-18-13/h5,8-9,15H,4,6-7H2,1-3H3. The summed E-state index contributed by atoms with van der Waals surface area (Å²) in [6, 6.07) is 0. The van der Waals surface area contributed by atoms with Crippen LogP contribution in [0.25, 0.3) is 0 Å². The Kier molecular flexibility index (Phi) is 4.79. The van der Waals surface area contributed by atoms with Crippen LogP contribution in [0.5, 0.6) is 0 Å². The average Bonchev–Trinajstić information content (AvgIpc) is 2.84. The second-order valence-corrected chi connectivity index (χ2v) is 4.91. The fraction of sp³-hybridized carbons (Fsp3) is 0.462. The van der Waals surface area contributed by atoms with Gasteiger partial charge in [0.25, 0.3) is 0 Å². The van der Waals surface area contributed by atoms with E-state index in [2.05, 4.69) is 29.7 Å². The minimum absolute atomic E-state index is 0.440. The number of imidazole rings is 1. The Balaban J connectivity index is 1.97. The van der Waals surface area contributed by atoms with Crippen molar-refractivity contribution >= 4 is 23.1 Å². The van der Waals surface area contributed by atoms with Gasteiger partial charge in [0.05, 0.1) is 0 Å². The summed E-state index contributed by atoms with van der Waals surface area (Å²) in [5.74, 6) is 1.85. The summed E-state index contributed by atoms with van der Waals surface area (Å²) in [4.78, 5) is 14.6. The molecule has 2 aromatic rings. The zero-order valence-corrected chi connectivity index (χ0v) is 12.7. The van der Waals surface area contributed by atoms with Gasteiger partial charge in [0.2, 0.25) is 0 Å². The Labute approximate surface area is 123 Å². The van der Waals surface area contributed by atoms with E-state index in [0.717, 1.165) is 36.8 Å². The van der Waals surface area contributed by atoms with E-state index in [1.807, 2.05) is 33.4 Å². The zero-order chi connectivity index (χ0) is 14.5. The molecule has 0 amide bonds. The predicted octanol–water partition coefficient (Wildman–Crippen LogP) is 2.20. The van der Waals surface area contributed by atoms with Gasteiger partial charge >= 0.3 is 0 Å². The van der Waals surface area contributed by atoms with Crippen molar-refractivity contribution in [3.05, 3.63) is 29.7 Å². The maximum absolute atomic E-state index is 6.06. The number of anilines is 2. The van der Waals surface area contributed by atoms with Crippen molar-refractivity contribution in [3.63, 3.8) is 0 Å². The van der Waals surface area contributed by atoms with Crippen LogP contribution in [-0.2, 0) is 6.54 Å². The first-order valence-corrected chi connectivity index (χ1v) is 6.88. The molecule has 0 unspecified atom stereocenters. The molecule has 0 aromatic carbocycles. The maximum Gasteiger partial charge on any atom is 0.157 e. The van der Waals surface area contributed by atoms with E-state index in [0.29, 0.717) is 5.15 Å². The van der Waals surface area contributed by atoms with E-state index in [1.54, 1.807) is 0 Å². The summed E-state index contributed by atoms with van der Waals surface area (Å²) in [5, 5.41) is 3.48. The summed E-state index contributed by atoms with van der Waals surface area (Å²) in [7, 11) is 3.82. The molecule has 1 N–H and O–H groups in total. The maximum atomic E-state index is 6.06. The molecule has 0 aliphatic heterocycles. The van der Waals surface area contributed by atoms with Gasteiger partial charge in [0.1, 0.15) is 17.8 Å². The third kappa shape index (κ3) is 3.19. The number of halogens is 1. The zero-order valence-electron chi connectivity index (χ0n) is 12.0. The number of nitrogens with zero attached hydrogens (tertiary/aromatic N) is 5. The van der Waals surface area contributed by atoms with Crippen LogP contribution in [-0.4, -0.2) is 40.2 Å². The summed E-state index contributed by atoms with van der Waals surface area (Å²) in [6.07, 6.45) is 6.30. The number of hydrogen-bond acceptors (Lipinski definition) is 5. The second kappa shape index (κ2) is 6.56. The lowest BCUT2D eigenvalue weighted by molar-refractivity contribution is 0.621. The number of rotatable bonds is 6. The van der Waals surface area contributed by atoms with Gasteiger partial charge in [-0.15, -0.1) is 0 Å². The first kappa shape index (κ1) is 14.6. The third-order valence-corrected chi connectivity index (χ3v) is 3.50. The lowest BCUT2D eigenvalue weighted by Gasteiger charge is -2.21. The molecule has 0 radical (unpaired) electrons. The van der Waals surface area contributed by atoms with Crippen LogP contribution in [0.3, 0.4) is 0 Å². The van der Waals surface area contributed by atoms with Gasteiger partial charge in [-0.3, -0.25) is 0 Å². The molecule has 2 aromatic heterocycles. The molecule has 0 spiro atoms. The van der Waals surface area contributed by atoms with E-state index in [9.17, 15) is 0 Å². The van der Waals surface area contributed by atoms with E-state index >= 15 is 0 Å². The molecular weight excluding hydrogens is 276 g/mol. The summed E-state index contributed by atoms with van der Waals surface area (Å²) in [6.45, 7) is 3.82. The molecule has 2 rings (SSSR count). The van der Waals surface area contributed by atoms with Gasteiger partial charge in [0.15, 0.2) is 11.0 Å². The van der Waals surface area contributed by atoms with Crippen molar-refractivity contribution in [1.82, 2.24) is 19.5 Å². The largest absolute Gasteiger partial charge is 0.383 e. The molecule has 20 heavy (non-hydrogen) atoms. The highest BCUT2D eigenvalue weighted by Gasteiger charge is 2.12. The van der Waals surface area contributed by atoms with Crippen molar-refractivity contribution in [3.8, 4) is 0 Å². The van der Waals surface area contributed by atoms with E-state index in [1.165, 1.54) is 6.33 Å². The van der Waals surface area contributed by atoms with Crippen LogP contribution in [0.15, 0.2) is 18.7 Å². The molecule has 108 valence electrons. The van der Waals surface area contributed by atoms with Gasteiger partial charge in [-0.25, -0.2) is 15.0 Å². The number of aryl methyl sites for hydroxylation is 2. The van der Waals surface area contributed by atoms with Crippen molar-refractivity contribution < 1.29 is 0 Å². The van der Waals surface area contributed by atoms with Gasteiger partial charge in [-0.2, -0.15) is 0 Å². The van der Waals surface area contributed by atoms with Gasteiger partial charge in [0, 0.05) is 39.6 Å². The van der Waals surface area contributed by atoms with Gasteiger partial charge in [-0.05, 0) is 13.3 Å². The predicted molar refractivity (Wildman–Crippen MR) is 81.4 cm³/mol. The quantitative estimate of drug-likeness (QED) is 0.828. The van der Waals surface area contributed by atoms with E-state index in [4.69, 9.17) is 11.6 Å². The fourth-order valence-corrected chi connectivity index (χ4v) is 2.31. The molecule has 0 saturated carbocycles. The minimum Gasteiger partial charge on any atom is -0.383 e. The van der Waals surface area contributed by atoms with Crippen molar-refractivity contribution in [2.75, 3.05) is 30.9 Å². The SMILES string of the molecule is CNc1c(Cl)ncnc1N(C)CCCn1ccnc1C. The van der Waals surface area contributed by atoms with Crippen LogP contribution >= 0.6 is 11.6 Å². The molecule has 2 heterocycles. The van der Waals surface area contributed by atoms with E-state index in [-0.39, 0.29) is 0 Å². The highest BCUT2D eigenvalue weighted by Crippen LogP contribution is 2.27. The summed E-state index contributed by atoms with van der Waals surface area (Å²) >= 11 is 6.06. The number of hydrogen-bond donors (Lipinski definition) is 1. The van der Waals surface area contributed by atoms with Crippen LogP contribution in [0, 0.1) is 6.92 Å². The first-order valence-electron chi connectivity index (χ1n) is 6.50. The minimum atomic E-state index is 0.440. The molecule has 0 fully saturated rings. The molecule has 6 nitrogen and oxygen atoms in total. The van der Waals surface area contributed by atoms with Crippen LogP contribution in [0.2, 0.25) is 5.15 Å². The lowest BCUT2D eigenvalue weighted by atomic mass is 10.3. The Morgan fingerprint density at radius 1 is 1.35 bits per heavy atom. The highest BCUT2D eigenvalue weighted by molar-refractivity contribution is 6.32. The molecular formula is C13H19ClN6. The van der Waals surface area contributed by atoms with Crippen molar-refractivity contribution in [1.29, 1.82) is 0 Å². The Morgan fingerprint density at radius 3 is 2.80 bits per heavy atom. The van der Waals surface area contributed by atoms with Crippen LogP contribution < -0.4 is 10.2 Å². The smallest absolute Gasteiger partial charge is 0.157 e. The van der Waals surface area contributed by atoms with Gasteiger partial charge < -0.3 is 14.8 Å². The summed E-state index contributed by atoms with van der Waals surface area (Å²) < 4.78 is 2.14. The van der Waals surface area contributed by atoms with Crippen LogP contribution in [0.1, 0.15) is 12.2 Å². The molecule has 7 heteroatoms. The Morgan fingerprint density at radius 2 is 2.15 bits per heavy atom. The number of nitrogens with one attached hydrogen (secondary N) is 1. The lowest BCUT2D eigenvalue weighted by Crippen LogP contribution is -2.22. The number of aromatic nitrogens is 4. The highest BCUT2D eigenvalue weighted by atomic mass is 35.5. The fourth-order valence-electron chi connectivity index (χ4n) is 2.08. The molecule has 0 saturated heterocycles. The normalized spacial score (nSPS) is 10.6. The molecule has 0 atom stereocenters. The van der Waals surface area contributed by atoms with E-state index < -0.39 is 0 Å². The summed E-state index contributed by atoms with van der Waals surface area (Å²) in [5.41, 5.74) is 0.760. The van der Waals surface area contributed by atoms with Crippen LogP contribution in [0.4, 0.5) is 11.5 Å². The van der Waals surface area contributed by atoms with Gasteiger partial charge in [-0.1, -0.05) is 11.6 Å². The third-order valence-electron chi connectivity index (χ3n) is 3.21. The van der Waals surface area contributed by atoms with Crippen molar-refractivity contribution in [2.45, 2.75) is 19.9 Å². The van der Waals surface area contributed by atoms with Crippen molar-refractivity contribution in [2.24, 2.45) is 0 Å². The average molecular weight is 295 g/mol. The molecule has 0 aliphatic carbocycles. The molecule has 0 aliphatic rings. The topological polar surface area (TPSA) is 58.9 Å². The Bertz CT molecular complexity index is 568. The Hall–Kier alpha value is -1.82.